The van der Waals surface area contributed by atoms with Gasteiger partial charge in [0.1, 0.15) is 23.0 Å². The standard InChI is InChI=1S/C46H52O10/c47-45(31-13-17-35(18-14-31)49-23-7-1-3-9-33(43-29-53-43)25-37-27-51-37)55-41-21-22-42(40-12-6-5-11-39(40)41)56-46(48)32-15-19-36(20-16-32)50-24-8-2-4-10-34(44-30-54-44)26-38-28-52-38/h5-6,11-22,33-34,37-38,43-44H,1-4,7-10,23-30H2. The Labute approximate surface area is 328 Å². The van der Waals surface area contributed by atoms with E-state index in [4.69, 9.17) is 37.9 Å². The van der Waals surface area contributed by atoms with Gasteiger partial charge in [0.25, 0.3) is 0 Å². The molecule has 10 nitrogen and oxygen atoms in total. The highest BCUT2D eigenvalue weighted by Gasteiger charge is 2.38. The topological polar surface area (TPSA) is 121 Å². The third-order valence-electron chi connectivity index (χ3n) is 11.1. The first-order valence-corrected chi connectivity index (χ1v) is 20.4. The van der Waals surface area contributed by atoms with E-state index in [-0.39, 0.29) is 0 Å². The van der Waals surface area contributed by atoms with Crippen molar-refractivity contribution in [2.24, 2.45) is 11.8 Å². The molecule has 0 N–H and O–H groups in total. The van der Waals surface area contributed by atoms with E-state index in [0.717, 1.165) is 77.8 Å². The Morgan fingerprint density at radius 3 is 1.30 bits per heavy atom. The van der Waals surface area contributed by atoms with E-state index in [1.54, 1.807) is 60.7 Å². The first kappa shape index (κ1) is 38.4. The second kappa shape index (κ2) is 18.6. The molecule has 0 spiro atoms. The summed E-state index contributed by atoms with van der Waals surface area (Å²) in [5.41, 5.74) is 0.815. The fourth-order valence-corrected chi connectivity index (χ4v) is 7.51. The minimum absolute atomic E-state index is 0.372. The second-order valence-electron chi connectivity index (χ2n) is 15.5. The Morgan fingerprint density at radius 2 is 0.929 bits per heavy atom. The number of carbonyl (C=O) groups is 2. The summed E-state index contributed by atoms with van der Waals surface area (Å²) < 4.78 is 45.5. The predicted molar refractivity (Wildman–Crippen MR) is 210 cm³/mol. The molecule has 6 atom stereocenters. The summed E-state index contributed by atoms with van der Waals surface area (Å²) >= 11 is 0. The highest BCUT2D eigenvalue weighted by molar-refractivity contribution is 6.00. The van der Waals surface area contributed by atoms with Crippen molar-refractivity contribution in [1.82, 2.24) is 0 Å². The van der Waals surface area contributed by atoms with Gasteiger partial charge in [0.2, 0.25) is 0 Å². The fraction of sp³-hybridized carbons (Fsp3) is 0.478. The van der Waals surface area contributed by atoms with Crippen LogP contribution in [0.5, 0.6) is 23.0 Å². The van der Waals surface area contributed by atoms with Gasteiger partial charge in [-0.05, 0) is 111 Å². The Morgan fingerprint density at radius 1 is 0.518 bits per heavy atom. The first-order chi connectivity index (χ1) is 27.6. The largest absolute Gasteiger partial charge is 0.494 e. The molecule has 0 aliphatic carbocycles. The van der Waals surface area contributed by atoms with Gasteiger partial charge in [-0.2, -0.15) is 0 Å². The molecule has 10 heteroatoms. The minimum atomic E-state index is -0.490. The van der Waals surface area contributed by atoms with Crippen molar-refractivity contribution in [1.29, 1.82) is 0 Å². The smallest absolute Gasteiger partial charge is 0.343 e. The third kappa shape index (κ3) is 11.3. The van der Waals surface area contributed by atoms with Gasteiger partial charge in [-0.3, -0.25) is 0 Å². The number of rotatable bonds is 24. The SMILES string of the molecule is O=C(Oc1ccc(OC(=O)c2ccc(OCCCCCC(CC3CO3)C3CO3)cc2)c2ccccc12)c1ccc(OCCCCCC(CC2CO2)C2CO2)cc1. The van der Waals surface area contributed by atoms with Gasteiger partial charge in [0.15, 0.2) is 0 Å². The molecule has 296 valence electrons. The maximum Gasteiger partial charge on any atom is 0.343 e. The van der Waals surface area contributed by atoms with E-state index in [0.29, 0.717) is 94.4 Å². The van der Waals surface area contributed by atoms with E-state index in [1.165, 1.54) is 12.8 Å². The van der Waals surface area contributed by atoms with Crippen LogP contribution in [-0.4, -0.2) is 76.0 Å². The summed E-state index contributed by atoms with van der Waals surface area (Å²) in [5, 5.41) is 1.31. The molecule has 0 saturated carbocycles. The molecular weight excluding hydrogens is 712 g/mol. The average Bonchev–Trinajstić information content (AvgIpc) is 4.02. The zero-order valence-corrected chi connectivity index (χ0v) is 31.9. The van der Waals surface area contributed by atoms with Gasteiger partial charge in [-0.25, -0.2) is 9.59 Å². The van der Waals surface area contributed by atoms with Crippen LogP contribution in [-0.2, 0) is 18.9 Å². The number of hydrogen-bond acceptors (Lipinski definition) is 10. The molecule has 0 aromatic heterocycles. The van der Waals surface area contributed by atoms with Crippen LogP contribution in [0.1, 0.15) is 84.9 Å². The van der Waals surface area contributed by atoms with Gasteiger partial charge >= 0.3 is 11.9 Å². The zero-order chi connectivity index (χ0) is 38.1. The normalized spacial score (nSPS) is 21.5. The quantitative estimate of drug-likeness (QED) is 0.0296. The van der Waals surface area contributed by atoms with Crippen LogP contribution in [0.15, 0.2) is 84.9 Å². The van der Waals surface area contributed by atoms with Crippen molar-refractivity contribution in [3.63, 3.8) is 0 Å². The van der Waals surface area contributed by atoms with Crippen molar-refractivity contribution < 1.29 is 47.5 Å². The van der Waals surface area contributed by atoms with Crippen molar-refractivity contribution in [2.45, 2.75) is 88.6 Å². The molecule has 0 amide bonds. The third-order valence-corrected chi connectivity index (χ3v) is 11.1. The summed E-state index contributed by atoms with van der Waals surface area (Å²) in [7, 11) is 0. The van der Waals surface area contributed by atoms with E-state index < -0.39 is 11.9 Å². The van der Waals surface area contributed by atoms with Crippen LogP contribution in [0.4, 0.5) is 0 Å². The molecule has 0 radical (unpaired) electrons. The number of fused-ring (bicyclic) bond motifs is 1. The number of carbonyl (C=O) groups excluding carboxylic acids is 2. The summed E-state index contributed by atoms with van der Waals surface area (Å²) in [4.78, 5) is 26.3. The molecule has 4 heterocycles. The van der Waals surface area contributed by atoms with Crippen LogP contribution >= 0.6 is 0 Å². The average molecular weight is 765 g/mol. The summed E-state index contributed by atoms with van der Waals surface area (Å²) in [6.45, 7) is 4.85. The van der Waals surface area contributed by atoms with Gasteiger partial charge in [-0.1, -0.05) is 49.9 Å². The number of benzene rings is 4. The maximum atomic E-state index is 13.2. The number of hydrogen-bond donors (Lipinski definition) is 0. The van der Waals surface area contributed by atoms with Crippen LogP contribution in [0.25, 0.3) is 10.8 Å². The second-order valence-corrected chi connectivity index (χ2v) is 15.5. The van der Waals surface area contributed by atoms with Gasteiger partial charge in [0.05, 0.1) is 75.2 Å². The molecule has 6 unspecified atom stereocenters. The first-order valence-electron chi connectivity index (χ1n) is 20.4. The molecule has 4 fully saturated rings. The van der Waals surface area contributed by atoms with Crippen molar-refractivity contribution in [3.05, 3.63) is 96.1 Å². The highest BCUT2D eigenvalue weighted by Crippen LogP contribution is 2.36. The maximum absolute atomic E-state index is 13.2. The van der Waals surface area contributed by atoms with Gasteiger partial charge in [-0.15, -0.1) is 0 Å². The van der Waals surface area contributed by atoms with Crippen molar-refractivity contribution in [2.75, 3.05) is 39.6 Å². The summed E-state index contributed by atoms with van der Waals surface area (Å²) in [6.07, 6.45) is 12.8. The van der Waals surface area contributed by atoms with Crippen LogP contribution in [0.3, 0.4) is 0 Å². The lowest BCUT2D eigenvalue weighted by atomic mass is 9.93. The Kier molecular flexibility index (Phi) is 12.8. The molecule has 4 aliphatic rings. The van der Waals surface area contributed by atoms with Crippen molar-refractivity contribution >= 4 is 22.7 Å². The van der Waals surface area contributed by atoms with Gasteiger partial charge in [0, 0.05) is 10.8 Å². The lowest BCUT2D eigenvalue weighted by Crippen LogP contribution is -2.11. The van der Waals surface area contributed by atoms with Crippen molar-refractivity contribution in [3.8, 4) is 23.0 Å². The zero-order valence-electron chi connectivity index (χ0n) is 31.9. The van der Waals surface area contributed by atoms with E-state index in [2.05, 4.69) is 0 Å². The molecular formula is C46H52O10. The lowest BCUT2D eigenvalue weighted by Gasteiger charge is -2.13. The minimum Gasteiger partial charge on any atom is -0.494 e. The summed E-state index contributed by atoms with van der Waals surface area (Å²) in [6, 6.07) is 24.7. The number of epoxide rings is 4. The Bertz CT molecular complexity index is 1760. The van der Waals surface area contributed by atoms with Crippen LogP contribution in [0, 0.1) is 11.8 Å². The number of esters is 2. The fourth-order valence-electron chi connectivity index (χ4n) is 7.51. The van der Waals surface area contributed by atoms with Crippen LogP contribution < -0.4 is 18.9 Å². The van der Waals surface area contributed by atoms with E-state index in [1.807, 2.05) is 24.3 Å². The molecule has 8 rings (SSSR count). The highest BCUT2D eigenvalue weighted by atomic mass is 16.6. The molecule has 56 heavy (non-hydrogen) atoms. The predicted octanol–water partition coefficient (Wildman–Crippen LogP) is 8.76. The Balaban J connectivity index is 0.763. The number of unbranched alkanes of at least 4 members (excludes halogenated alkanes) is 4. The lowest BCUT2D eigenvalue weighted by molar-refractivity contribution is 0.0723. The molecule has 4 saturated heterocycles. The van der Waals surface area contributed by atoms with E-state index >= 15 is 0 Å². The number of ether oxygens (including phenoxy) is 8. The molecule has 4 aliphatic heterocycles. The molecule has 4 aromatic carbocycles. The molecule has 4 aromatic rings. The Hall–Kier alpha value is -4.48. The summed E-state index contributed by atoms with van der Waals surface area (Å²) in [5.74, 6) is 2.42. The monoisotopic (exact) mass is 764 g/mol. The van der Waals surface area contributed by atoms with E-state index in [9.17, 15) is 9.59 Å². The molecule has 0 bridgehead atoms. The van der Waals surface area contributed by atoms with Crippen LogP contribution in [0.2, 0.25) is 0 Å². The van der Waals surface area contributed by atoms with Gasteiger partial charge < -0.3 is 37.9 Å².